The van der Waals surface area contributed by atoms with Gasteiger partial charge in [0.15, 0.2) is 0 Å². The molecule has 1 aliphatic heterocycles. The predicted molar refractivity (Wildman–Crippen MR) is 97.1 cm³/mol. The van der Waals surface area contributed by atoms with Crippen LogP contribution in [0.4, 0.5) is 11.4 Å². The maximum atomic E-state index is 12.7. The lowest BCUT2D eigenvalue weighted by atomic mass is 10.1. The molecular weight excluding hydrogens is 374 g/mol. The molecule has 142 valence electrons. The van der Waals surface area contributed by atoms with Crippen molar-refractivity contribution in [3.63, 3.8) is 0 Å². The number of carbonyl (C=O) groups excluding carboxylic acids is 1. The highest BCUT2D eigenvalue weighted by atomic mass is 32.2. The van der Waals surface area contributed by atoms with E-state index in [2.05, 4.69) is 4.72 Å². The Kier molecular flexibility index (Phi) is 5.38. The standard InChI is InChI=1S/C17H17N3O6S/c21-17(19-9-11-26-12-10-19)15-3-1-2-4-16(15)18-27(24,25)14-7-5-13(6-8-14)20(22)23/h1-8,18H,9-12H2. The second-order valence-electron chi connectivity index (χ2n) is 5.81. The SMILES string of the molecule is O=C(c1ccccc1NS(=O)(=O)c1ccc([N+](=O)[O-])cc1)N1CCOCC1. The molecule has 1 heterocycles. The van der Waals surface area contributed by atoms with E-state index in [0.29, 0.717) is 26.3 Å². The van der Waals surface area contributed by atoms with Gasteiger partial charge in [-0.05, 0) is 24.3 Å². The molecule has 0 spiro atoms. The zero-order valence-corrected chi connectivity index (χ0v) is 15.0. The summed E-state index contributed by atoms with van der Waals surface area (Å²) >= 11 is 0. The minimum absolute atomic E-state index is 0.137. The van der Waals surface area contributed by atoms with E-state index in [1.807, 2.05) is 0 Å². The summed E-state index contributed by atoms with van der Waals surface area (Å²) in [6.45, 7) is 1.73. The first kappa shape index (κ1) is 18.8. The van der Waals surface area contributed by atoms with Crippen molar-refractivity contribution in [2.45, 2.75) is 4.90 Å². The summed E-state index contributed by atoms with van der Waals surface area (Å²) in [6, 6.07) is 10.8. The highest BCUT2D eigenvalue weighted by molar-refractivity contribution is 7.92. The molecule has 27 heavy (non-hydrogen) atoms. The molecule has 1 amide bonds. The fourth-order valence-corrected chi connectivity index (χ4v) is 3.73. The largest absolute Gasteiger partial charge is 0.378 e. The number of sulfonamides is 1. The molecule has 1 aliphatic rings. The predicted octanol–water partition coefficient (Wildman–Crippen LogP) is 1.87. The van der Waals surface area contributed by atoms with Gasteiger partial charge in [-0.3, -0.25) is 19.6 Å². The molecule has 0 radical (unpaired) electrons. The first-order chi connectivity index (χ1) is 12.9. The molecule has 0 aliphatic carbocycles. The third-order valence-electron chi connectivity index (χ3n) is 4.06. The van der Waals surface area contributed by atoms with Crippen molar-refractivity contribution in [3.05, 3.63) is 64.2 Å². The Morgan fingerprint density at radius 3 is 2.33 bits per heavy atom. The number of nitro groups is 1. The molecule has 1 saturated heterocycles. The van der Waals surface area contributed by atoms with Crippen LogP contribution in [0.2, 0.25) is 0 Å². The first-order valence-corrected chi connectivity index (χ1v) is 9.60. The number of nitrogens with zero attached hydrogens (tertiary/aromatic N) is 2. The van der Waals surface area contributed by atoms with Crippen molar-refractivity contribution >= 4 is 27.3 Å². The highest BCUT2D eigenvalue weighted by Crippen LogP contribution is 2.23. The Hall–Kier alpha value is -2.98. The maximum Gasteiger partial charge on any atom is 0.269 e. The molecule has 2 aromatic carbocycles. The van der Waals surface area contributed by atoms with Crippen molar-refractivity contribution in [2.24, 2.45) is 0 Å². The lowest BCUT2D eigenvalue weighted by Crippen LogP contribution is -2.41. The van der Waals surface area contributed by atoms with Gasteiger partial charge in [-0.25, -0.2) is 8.42 Å². The fourth-order valence-electron chi connectivity index (χ4n) is 2.65. The van der Waals surface area contributed by atoms with Crippen LogP contribution in [0.3, 0.4) is 0 Å². The zero-order valence-electron chi connectivity index (χ0n) is 14.2. The maximum absolute atomic E-state index is 12.7. The number of anilines is 1. The molecule has 0 atom stereocenters. The summed E-state index contributed by atoms with van der Waals surface area (Å²) in [5.41, 5.74) is 0.161. The summed E-state index contributed by atoms with van der Waals surface area (Å²) < 4.78 is 32.8. The number of hydrogen-bond donors (Lipinski definition) is 1. The Morgan fingerprint density at radius 2 is 1.70 bits per heavy atom. The number of nitrogens with one attached hydrogen (secondary N) is 1. The van der Waals surface area contributed by atoms with Crippen LogP contribution in [0, 0.1) is 10.1 Å². The van der Waals surface area contributed by atoms with Crippen molar-refractivity contribution in [2.75, 3.05) is 31.0 Å². The van der Waals surface area contributed by atoms with E-state index in [1.54, 1.807) is 23.1 Å². The molecule has 0 unspecified atom stereocenters. The van der Waals surface area contributed by atoms with Crippen molar-refractivity contribution < 1.29 is 22.9 Å². The number of nitro benzene ring substituents is 1. The van der Waals surface area contributed by atoms with Crippen LogP contribution in [0.25, 0.3) is 0 Å². The Bertz CT molecular complexity index is 953. The molecule has 1 fully saturated rings. The van der Waals surface area contributed by atoms with Crippen LogP contribution >= 0.6 is 0 Å². The van der Waals surface area contributed by atoms with E-state index in [1.165, 1.54) is 6.07 Å². The normalized spacial score (nSPS) is 14.6. The van der Waals surface area contributed by atoms with Crippen LogP contribution in [0.1, 0.15) is 10.4 Å². The lowest BCUT2D eigenvalue weighted by Gasteiger charge is -2.27. The van der Waals surface area contributed by atoms with E-state index < -0.39 is 14.9 Å². The second-order valence-corrected chi connectivity index (χ2v) is 7.49. The second kappa shape index (κ2) is 7.72. The van der Waals surface area contributed by atoms with Crippen LogP contribution in [0.5, 0.6) is 0 Å². The van der Waals surface area contributed by atoms with E-state index in [-0.39, 0.29) is 27.7 Å². The van der Waals surface area contributed by atoms with Gasteiger partial charge in [-0.15, -0.1) is 0 Å². The first-order valence-electron chi connectivity index (χ1n) is 8.12. The lowest BCUT2D eigenvalue weighted by molar-refractivity contribution is -0.384. The van der Waals surface area contributed by atoms with Gasteiger partial charge in [0.1, 0.15) is 0 Å². The summed E-state index contributed by atoms with van der Waals surface area (Å²) in [6.07, 6.45) is 0. The van der Waals surface area contributed by atoms with Crippen LogP contribution in [-0.2, 0) is 14.8 Å². The molecular formula is C17H17N3O6S. The number of amides is 1. The Labute approximate surface area is 155 Å². The molecule has 10 heteroatoms. The van der Waals surface area contributed by atoms with Gasteiger partial charge in [0, 0.05) is 25.2 Å². The van der Waals surface area contributed by atoms with Gasteiger partial charge in [0.2, 0.25) is 0 Å². The van der Waals surface area contributed by atoms with E-state index >= 15 is 0 Å². The Morgan fingerprint density at radius 1 is 1.07 bits per heavy atom. The summed E-state index contributed by atoms with van der Waals surface area (Å²) in [5, 5.41) is 10.7. The summed E-state index contributed by atoms with van der Waals surface area (Å²) in [5.74, 6) is -0.291. The molecule has 2 aromatic rings. The van der Waals surface area contributed by atoms with Gasteiger partial charge < -0.3 is 9.64 Å². The monoisotopic (exact) mass is 391 g/mol. The van der Waals surface area contributed by atoms with Gasteiger partial charge in [-0.1, -0.05) is 12.1 Å². The van der Waals surface area contributed by atoms with Crippen molar-refractivity contribution in [1.82, 2.24) is 4.90 Å². The average molecular weight is 391 g/mol. The minimum atomic E-state index is -4.01. The van der Waals surface area contributed by atoms with Crippen molar-refractivity contribution in [1.29, 1.82) is 0 Å². The minimum Gasteiger partial charge on any atom is -0.378 e. The number of hydrogen-bond acceptors (Lipinski definition) is 6. The van der Waals surface area contributed by atoms with Gasteiger partial charge >= 0.3 is 0 Å². The van der Waals surface area contributed by atoms with Crippen LogP contribution in [-0.4, -0.2) is 50.5 Å². The Balaban J connectivity index is 1.86. The third kappa shape index (κ3) is 4.23. The number of morpholine rings is 1. The van der Waals surface area contributed by atoms with E-state index in [9.17, 15) is 23.3 Å². The quantitative estimate of drug-likeness (QED) is 0.614. The molecule has 0 bridgehead atoms. The number of rotatable bonds is 5. The summed E-state index contributed by atoms with van der Waals surface area (Å²) in [7, 11) is -4.01. The topological polar surface area (TPSA) is 119 Å². The number of para-hydroxylation sites is 1. The smallest absolute Gasteiger partial charge is 0.269 e. The zero-order chi connectivity index (χ0) is 19.4. The number of carbonyl (C=O) groups is 1. The fraction of sp³-hybridized carbons (Fsp3) is 0.235. The molecule has 9 nitrogen and oxygen atoms in total. The highest BCUT2D eigenvalue weighted by Gasteiger charge is 2.23. The van der Waals surface area contributed by atoms with Gasteiger partial charge in [0.05, 0.1) is 34.3 Å². The summed E-state index contributed by atoms with van der Waals surface area (Å²) in [4.78, 5) is 24.3. The molecule has 1 N–H and O–H groups in total. The van der Waals surface area contributed by atoms with Crippen LogP contribution < -0.4 is 4.72 Å². The molecule has 3 rings (SSSR count). The number of benzene rings is 2. The number of ether oxygens (including phenoxy) is 1. The van der Waals surface area contributed by atoms with Crippen molar-refractivity contribution in [3.8, 4) is 0 Å². The third-order valence-corrected chi connectivity index (χ3v) is 5.44. The van der Waals surface area contributed by atoms with Crippen LogP contribution in [0.15, 0.2) is 53.4 Å². The average Bonchev–Trinajstić information content (AvgIpc) is 2.68. The van der Waals surface area contributed by atoms with Gasteiger partial charge in [-0.2, -0.15) is 0 Å². The van der Waals surface area contributed by atoms with Gasteiger partial charge in [0.25, 0.3) is 21.6 Å². The molecule has 0 saturated carbocycles. The molecule has 0 aromatic heterocycles. The van der Waals surface area contributed by atoms with E-state index in [0.717, 1.165) is 24.3 Å². The van der Waals surface area contributed by atoms with E-state index in [4.69, 9.17) is 4.74 Å². The number of non-ortho nitro benzene ring substituents is 1.